The lowest BCUT2D eigenvalue weighted by Gasteiger charge is -2.06. The fraction of sp³-hybridized carbons (Fsp3) is 0.300. The minimum absolute atomic E-state index is 0.133. The van der Waals surface area contributed by atoms with Crippen LogP contribution in [0.5, 0.6) is 5.75 Å². The number of nitrogens with two attached hydrogens (primary N) is 1. The van der Waals surface area contributed by atoms with Crippen LogP contribution in [0.1, 0.15) is 27.5 Å². The Morgan fingerprint density at radius 3 is 3.00 bits per heavy atom. The SMILES string of the molecule is Cc1c(C(=O)O)ccc2c1OC[C@@H]2N. The Balaban J connectivity index is 2.58. The van der Waals surface area contributed by atoms with Crippen molar-refractivity contribution in [3.63, 3.8) is 0 Å². The first-order valence-corrected chi connectivity index (χ1v) is 4.36. The third-order valence-electron chi connectivity index (χ3n) is 2.47. The summed E-state index contributed by atoms with van der Waals surface area (Å²) in [5.74, 6) is -0.299. The predicted molar refractivity (Wildman–Crippen MR) is 50.6 cm³/mol. The van der Waals surface area contributed by atoms with Crippen LogP contribution in [0.2, 0.25) is 0 Å². The van der Waals surface area contributed by atoms with Gasteiger partial charge in [-0.05, 0) is 13.0 Å². The maximum Gasteiger partial charge on any atom is 0.336 e. The maximum absolute atomic E-state index is 10.8. The topological polar surface area (TPSA) is 72.5 Å². The standard InChI is InChI=1S/C10H11NO3/c1-5-6(10(12)13)2-3-7-8(11)4-14-9(5)7/h2-3,8H,4,11H2,1H3,(H,12,13)/t8-/m0/s1. The van der Waals surface area contributed by atoms with Gasteiger partial charge in [0, 0.05) is 11.1 Å². The molecule has 1 aliphatic rings. The molecule has 0 amide bonds. The van der Waals surface area contributed by atoms with E-state index in [2.05, 4.69) is 0 Å². The number of hydrogen-bond acceptors (Lipinski definition) is 3. The van der Waals surface area contributed by atoms with Crippen LogP contribution in [-0.4, -0.2) is 17.7 Å². The molecule has 4 nitrogen and oxygen atoms in total. The molecule has 0 unspecified atom stereocenters. The molecule has 14 heavy (non-hydrogen) atoms. The van der Waals surface area contributed by atoms with Gasteiger partial charge in [0.25, 0.3) is 0 Å². The second kappa shape index (κ2) is 2.99. The highest BCUT2D eigenvalue weighted by molar-refractivity contribution is 5.90. The molecule has 1 aromatic rings. The summed E-state index contributed by atoms with van der Waals surface area (Å²) in [6.07, 6.45) is 0. The number of carbonyl (C=O) groups is 1. The van der Waals surface area contributed by atoms with Crippen LogP contribution in [-0.2, 0) is 0 Å². The summed E-state index contributed by atoms with van der Waals surface area (Å²) in [6.45, 7) is 2.17. The largest absolute Gasteiger partial charge is 0.491 e. The molecule has 1 aliphatic heterocycles. The first-order chi connectivity index (χ1) is 6.61. The van der Waals surface area contributed by atoms with Gasteiger partial charge in [-0.1, -0.05) is 6.07 Å². The quantitative estimate of drug-likeness (QED) is 0.700. The van der Waals surface area contributed by atoms with E-state index in [-0.39, 0.29) is 11.6 Å². The van der Waals surface area contributed by atoms with Crippen molar-refractivity contribution in [3.05, 3.63) is 28.8 Å². The summed E-state index contributed by atoms with van der Waals surface area (Å²) in [4.78, 5) is 10.8. The summed E-state index contributed by atoms with van der Waals surface area (Å²) in [7, 11) is 0. The highest BCUT2D eigenvalue weighted by atomic mass is 16.5. The van der Waals surface area contributed by atoms with Gasteiger partial charge >= 0.3 is 5.97 Å². The van der Waals surface area contributed by atoms with E-state index in [9.17, 15) is 4.79 Å². The minimum atomic E-state index is -0.936. The number of aromatic carboxylic acids is 1. The minimum Gasteiger partial charge on any atom is -0.491 e. The van der Waals surface area contributed by atoms with Gasteiger partial charge in [0.05, 0.1) is 11.6 Å². The number of ether oxygens (including phenoxy) is 1. The zero-order valence-electron chi connectivity index (χ0n) is 7.78. The second-order valence-electron chi connectivity index (χ2n) is 3.38. The molecule has 0 fully saturated rings. The Bertz CT molecular complexity index is 401. The Hall–Kier alpha value is -1.55. The van der Waals surface area contributed by atoms with Crippen LogP contribution in [0.3, 0.4) is 0 Å². The fourth-order valence-electron chi connectivity index (χ4n) is 1.69. The van der Waals surface area contributed by atoms with Crippen LogP contribution in [0.4, 0.5) is 0 Å². The summed E-state index contributed by atoms with van der Waals surface area (Å²) in [5.41, 5.74) is 7.60. The van der Waals surface area contributed by atoms with E-state index < -0.39 is 5.97 Å². The molecule has 1 atom stereocenters. The normalized spacial score (nSPS) is 18.9. The van der Waals surface area contributed by atoms with Crippen molar-refractivity contribution in [2.45, 2.75) is 13.0 Å². The lowest BCUT2D eigenvalue weighted by Crippen LogP contribution is -2.10. The molecule has 0 aromatic heterocycles. The van der Waals surface area contributed by atoms with Gasteiger partial charge in [0.15, 0.2) is 0 Å². The molecule has 4 heteroatoms. The van der Waals surface area contributed by atoms with Crippen LogP contribution in [0.15, 0.2) is 12.1 Å². The van der Waals surface area contributed by atoms with E-state index in [1.807, 2.05) is 0 Å². The van der Waals surface area contributed by atoms with E-state index in [4.69, 9.17) is 15.6 Å². The molecule has 0 saturated heterocycles. The Morgan fingerprint density at radius 2 is 2.36 bits per heavy atom. The molecule has 0 spiro atoms. The van der Waals surface area contributed by atoms with E-state index in [0.717, 1.165) is 5.56 Å². The molecule has 2 rings (SSSR count). The lowest BCUT2D eigenvalue weighted by atomic mass is 10.0. The lowest BCUT2D eigenvalue weighted by molar-refractivity contribution is 0.0695. The number of fused-ring (bicyclic) bond motifs is 1. The van der Waals surface area contributed by atoms with Crippen molar-refractivity contribution in [3.8, 4) is 5.75 Å². The highest BCUT2D eigenvalue weighted by Crippen LogP contribution is 2.35. The second-order valence-corrected chi connectivity index (χ2v) is 3.38. The average molecular weight is 193 g/mol. The van der Waals surface area contributed by atoms with Crippen molar-refractivity contribution in [1.82, 2.24) is 0 Å². The van der Waals surface area contributed by atoms with E-state index in [1.165, 1.54) is 0 Å². The molecule has 74 valence electrons. The summed E-state index contributed by atoms with van der Waals surface area (Å²) in [6, 6.07) is 3.17. The molecule has 1 aromatic carbocycles. The first kappa shape index (κ1) is 9.02. The predicted octanol–water partition coefficient (Wildman–Crippen LogP) is 1.09. The Morgan fingerprint density at radius 1 is 1.64 bits per heavy atom. The Labute approximate surface area is 81.3 Å². The van der Waals surface area contributed by atoms with Crippen molar-refractivity contribution in [1.29, 1.82) is 0 Å². The van der Waals surface area contributed by atoms with Crippen LogP contribution < -0.4 is 10.5 Å². The van der Waals surface area contributed by atoms with Crippen molar-refractivity contribution >= 4 is 5.97 Å². The number of rotatable bonds is 1. The average Bonchev–Trinajstić information content (AvgIpc) is 2.49. The molecule has 0 saturated carbocycles. The van der Waals surface area contributed by atoms with Crippen LogP contribution in [0, 0.1) is 6.92 Å². The Kier molecular flexibility index (Phi) is 1.93. The number of hydrogen-bond donors (Lipinski definition) is 2. The van der Waals surface area contributed by atoms with Crippen molar-refractivity contribution in [2.75, 3.05) is 6.61 Å². The van der Waals surface area contributed by atoms with Gasteiger partial charge in [-0.3, -0.25) is 0 Å². The van der Waals surface area contributed by atoms with Crippen LogP contribution >= 0.6 is 0 Å². The smallest absolute Gasteiger partial charge is 0.336 e. The summed E-state index contributed by atoms with van der Waals surface area (Å²) >= 11 is 0. The third kappa shape index (κ3) is 1.15. The van der Waals surface area contributed by atoms with Gasteiger partial charge in [-0.2, -0.15) is 0 Å². The van der Waals surface area contributed by atoms with Crippen molar-refractivity contribution in [2.24, 2.45) is 5.73 Å². The van der Waals surface area contributed by atoms with Gasteiger partial charge < -0.3 is 15.6 Å². The number of carboxylic acids is 1. The molecule has 0 aliphatic carbocycles. The van der Waals surface area contributed by atoms with E-state index in [1.54, 1.807) is 19.1 Å². The van der Waals surface area contributed by atoms with Gasteiger partial charge in [-0.25, -0.2) is 4.79 Å². The number of carboxylic acid groups (broad SMARTS) is 1. The summed E-state index contributed by atoms with van der Waals surface area (Å²) in [5, 5.41) is 8.88. The molecular weight excluding hydrogens is 182 g/mol. The fourth-order valence-corrected chi connectivity index (χ4v) is 1.69. The zero-order valence-corrected chi connectivity index (χ0v) is 7.78. The first-order valence-electron chi connectivity index (χ1n) is 4.36. The molecule has 3 N–H and O–H groups in total. The van der Waals surface area contributed by atoms with E-state index >= 15 is 0 Å². The highest BCUT2D eigenvalue weighted by Gasteiger charge is 2.24. The van der Waals surface area contributed by atoms with Crippen molar-refractivity contribution < 1.29 is 14.6 Å². The summed E-state index contributed by atoms with van der Waals surface area (Å²) < 4.78 is 5.34. The van der Waals surface area contributed by atoms with Crippen LogP contribution in [0.25, 0.3) is 0 Å². The monoisotopic (exact) mass is 193 g/mol. The van der Waals surface area contributed by atoms with E-state index in [0.29, 0.717) is 17.9 Å². The van der Waals surface area contributed by atoms with Gasteiger partial charge in [0.1, 0.15) is 12.4 Å². The molecule has 0 radical (unpaired) electrons. The maximum atomic E-state index is 10.8. The van der Waals surface area contributed by atoms with Gasteiger partial charge in [0.2, 0.25) is 0 Å². The molecule has 1 heterocycles. The van der Waals surface area contributed by atoms with Gasteiger partial charge in [-0.15, -0.1) is 0 Å². The number of benzene rings is 1. The zero-order chi connectivity index (χ0) is 10.3. The molecular formula is C10H11NO3. The molecule has 0 bridgehead atoms. The third-order valence-corrected chi connectivity index (χ3v) is 2.47.